The van der Waals surface area contributed by atoms with Gasteiger partial charge >= 0.3 is 17.9 Å². The Labute approximate surface area is 382 Å². The molecule has 0 spiro atoms. The third-order valence-electron chi connectivity index (χ3n) is 10.7. The Bertz CT molecular complexity index is 1220. The SMILES string of the molecule is CC\C=C/C=C\C=C/C=C\C=C/CCCCCC(=O)OC(COC(=O)CCCCC/C=C\CCCCCCCC)COC(=O)CCCCCCC/C=C\CCCCCCCCC. The number of esters is 3. The molecule has 0 aliphatic heterocycles. The van der Waals surface area contributed by atoms with Crippen LogP contribution in [0.5, 0.6) is 0 Å². The van der Waals surface area contributed by atoms with Crippen LogP contribution in [0, 0.1) is 0 Å². The van der Waals surface area contributed by atoms with Crippen LogP contribution in [0.2, 0.25) is 0 Å². The van der Waals surface area contributed by atoms with E-state index < -0.39 is 6.10 Å². The van der Waals surface area contributed by atoms with E-state index in [-0.39, 0.29) is 37.5 Å². The van der Waals surface area contributed by atoms with Crippen LogP contribution < -0.4 is 0 Å². The second-order valence-corrected chi connectivity index (χ2v) is 16.8. The monoisotopic (exact) mass is 863 g/mol. The third-order valence-corrected chi connectivity index (χ3v) is 10.7. The molecule has 0 aliphatic rings. The van der Waals surface area contributed by atoms with Crippen molar-refractivity contribution < 1.29 is 28.6 Å². The Morgan fingerprint density at radius 2 is 0.645 bits per heavy atom. The zero-order chi connectivity index (χ0) is 45.1. The highest BCUT2D eigenvalue weighted by molar-refractivity contribution is 5.71. The molecule has 0 N–H and O–H groups in total. The van der Waals surface area contributed by atoms with Gasteiger partial charge in [0, 0.05) is 19.3 Å². The van der Waals surface area contributed by atoms with E-state index in [4.69, 9.17) is 14.2 Å². The molecule has 0 amide bonds. The zero-order valence-corrected chi connectivity index (χ0v) is 40.4. The maximum Gasteiger partial charge on any atom is 0.306 e. The molecule has 0 aromatic heterocycles. The van der Waals surface area contributed by atoms with Crippen molar-refractivity contribution in [3.8, 4) is 0 Å². The number of hydrogen-bond donors (Lipinski definition) is 0. The normalized spacial score (nSPS) is 12.8. The standard InChI is InChI=1S/C56H94O6/c1-4-7-10-13-16-19-22-25-27-29-31-34-37-40-43-46-49-55(58)61-52-53(51-60-54(57)48-45-42-39-36-33-30-24-21-18-15-12-9-6-3)62-56(59)50-47-44-41-38-35-32-28-26-23-20-17-14-11-8-5-2/h8,11,14,17,20,23,26-30,32-33,35,53H,4-7,9-10,12-13,15-16,18-19,21-22,24-25,31,34,36-52H2,1-3H3/b11-8-,17-14-,23-20-,28-26-,29-27-,33-30-,35-32-. The molecule has 0 saturated heterocycles. The molecule has 0 rings (SSSR count). The van der Waals surface area contributed by atoms with E-state index in [1.54, 1.807) is 0 Å². The topological polar surface area (TPSA) is 78.9 Å². The molecule has 0 aliphatic carbocycles. The van der Waals surface area contributed by atoms with Gasteiger partial charge in [-0.15, -0.1) is 0 Å². The van der Waals surface area contributed by atoms with Gasteiger partial charge in [-0.25, -0.2) is 0 Å². The summed E-state index contributed by atoms with van der Waals surface area (Å²) in [5.41, 5.74) is 0. The van der Waals surface area contributed by atoms with Crippen LogP contribution in [-0.4, -0.2) is 37.2 Å². The predicted octanol–water partition coefficient (Wildman–Crippen LogP) is 16.8. The minimum absolute atomic E-state index is 0.103. The molecule has 0 bridgehead atoms. The lowest BCUT2D eigenvalue weighted by molar-refractivity contribution is -0.167. The van der Waals surface area contributed by atoms with Gasteiger partial charge < -0.3 is 14.2 Å². The maximum absolute atomic E-state index is 12.8. The highest BCUT2D eigenvalue weighted by atomic mass is 16.6. The fourth-order valence-corrected chi connectivity index (χ4v) is 6.86. The molecule has 354 valence electrons. The van der Waals surface area contributed by atoms with Crippen molar-refractivity contribution in [2.24, 2.45) is 0 Å². The van der Waals surface area contributed by atoms with Gasteiger partial charge in [0.25, 0.3) is 0 Å². The molecule has 0 fully saturated rings. The number of hydrogen-bond acceptors (Lipinski definition) is 6. The summed E-state index contributed by atoms with van der Waals surface area (Å²) in [7, 11) is 0. The lowest BCUT2D eigenvalue weighted by Crippen LogP contribution is -2.30. The van der Waals surface area contributed by atoms with Gasteiger partial charge in [0.05, 0.1) is 0 Å². The molecule has 0 heterocycles. The minimum atomic E-state index is -0.807. The van der Waals surface area contributed by atoms with E-state index in [2.05, 4.69) is 57.2 Å². The van der Waals surface area contributed by atoms with Gasteiger partial charge in [-0.2, -0.15) is 0 Å². The quantitative estimate of drug-likeness (QED) is 0.0199. The number of allylic oxidation sites excluding steroid dienone is 14. The van der Waals surface area contributed by atoms with Gasteiger partial charge in [-0.1, -0.05) is 209 Å². The van der Waals surface area contributed by atoms with Crippen LogP contribution >= 0.6 is 0 Å². The van der Waals surface area contributed by atoms with Crippen molar-refractivity contribution >= 4 is 17.9 Å². The van der Waals surface area contributed by atoms with Gasteiger partial charge in [-0.3, -0.25) is 14.4 Å². The summed E-state index contributed by atoms with van der Waals surface area (Å²) in [5, 5.41) is 0. The fourth-order valence-electron chi connectivity index (χ4n) is 6.86. The number of ether oxygens (including phenoxy) is 3. The molecule has 1 atom stereocenters. The summed E-state index contributed by atoms with van der Waals surface area (Å²) >= 11 is 0. The molecule has 0 radical (unpaired) electrons. The van der Waals surface area contributed by atoms with E-state index in [1.807, 2.05) is 48.6 Å². The van der Waals surface area contributed by atoms with Crippen molar-refractivity contribution in [2.45, 2.75) is 239 Å². The Balaban J connectivity index is 4.49. The van der Waals surface area contributed by atoms with Crippen molar-refractivity contribution in [1.82, 2.24) is 0 Å². The van der Waals surface area contributed by atoms with Crippen molar-refractivity contribution in [2.75, 3.05) is 13.2 Å². The lowest BCUT2D eigenvalue weighted by Gasteiger charge is -2.18. The summed E-state index contributed by atoms with van der Waals surface area (Å²) < 4.78 is 16.7. The van der Waals surface area contributed by atoms with Crippen LogP contribution in [0.15, 0.2) is 85.1 Å². The highest BCUT2D eigenvalue weighted by Gasteiger charge is 2.19. The van der Waals surface area contributed by atoms with Crippen LogP contribution in [0.3, 0.4) is 0 Å². The molecule has 6 nitrogen and oxygen atoms in total. The summed E-state index contributed by atoms with van der Waals surface area (Å²) in [5.74, 6) is -0.971. The van der Waals surface area contributed by atoms with E-state index in [1.165, 1.54) is 103 Å². The molecule has 0 aromatic carbocycles. The Hall–Kier alpha value is -3.41. The first-order valence-corrected chi connectivity index (χ1v) is 25.7. The Morgan fingerprint density at radius 1 is 0.339 bits per heavy atom. The minimum Gasteiger partial charge on any atom is -0.462 e. The van der Waals surface area contributed by atoms with Crippen LogP contribution in [0.4, 0.5) is 0 Å². The summed E-state index contributed by atoms with van der Waals surface area (Å²) in [6.07, 6.45) is 64.2. The average Bonchev–Trinajstić information content (AvgIpc) is 3.27. The Morgan fingerprint density at radius 3 is 1.05 bits per heavy atom. The second kappa shape index (κ2) is 50.2. The van der Waals surface area contributed by atoms with Gasteiger partial charge in [0.15, 0.2) is 6.10 Å². The average molecular weight is 863 g/mol. The van der Waals surface area contributed by atoms with Gasteiger partial charge in [-0.05, 0) is 89.9 Å². The third kappa shape index (κ3) is 47.6. The summed E-state index contributed by atoms with van der Waals surface area (Å²) in [6.45, 7) is 6.42. The number of carbonyl (C=O) groups excluding carboxylic acids is 3. The van der Waals surface area contributed by atoms with E-state index in [0.29, 0.717) is 19.3 Å². The van der Waals surface area contributed by atoms with Crippen molar-refractivity contribution in [3.63, 3.8) is 0 Å². The van der Waals surface area contributed by atoms with E-state index in [0.717, 1.165) is 83.5 Å². The molecule has 1 unspecified atom stereocenters. The Kier molecular flexibility index (Phi) is 47.5. The first-order valence-electron chi connectivity index (χ1n) is 25.7. The van der Waals surface area contributed by atoms with E-state index in [9.17, 15) is 14.4 Å². The number of carbonyl (C=O) groups is 3. The summed E-state index contributed by atoms with van der Waals surface area (Å²) in [6, 6.07) is 0. The van der Waals surface area contributed by atoms with E-state index >= 15 is 0 Å². The highest BCUT2D eigenvalue weighted by Crippen LogP contribution is 2.13. The summed E-state index contributed by atoms with van der Waals surface area (Å²) in [4.78, 5) is 37.9. The second-order valence-electron chi connectivity index (χ2n) is 16.8. The smallest absolute Gasteiger partial charge is 0.306 e. The lowest BCUT2D eigenvalue weighted by atomic mass is 10.1. The van der Waals surface area contributed by atoms with Crippen LogP contribution in [-0.2, 0) is 28.6 Å². The fraction of sp³-hybridized carbons (Fsp3) is 0.696. The van der Waals surface area contributed by atoms with Gasteiger partial charge in [0.1, 0.15) is 13.2 Å². The largest absolute Gasteiger partial charge is 0.462 e. The molecule has 62 heavy (non-hydrogen) atoms. The maximum atomic E-state index is 12.8. The van der Waals surface area contributed by atoms with Crippen LogP contribution in [0.1, 0.15) is 233 Å². The predicted molar refractivity (Wildman–Crippen MR) is 265 cm³/mol. The number of rotatable bonds is 45. The molecule has 0 aromatic rings. The molecule has 6 heteroatoms. The first-order chi connectivity index (χ1) is 30.5. The zero-order valence-electron chi connectivity index (χ0n) is 40.4. The molecule has 0 saturated carbocycles. The van der Waals surface area contributed by atoms with Crippen molar-refractivity contribution in [1.29, 1.82) is 0 Å². The first kappa shape index (κ1) is 58.6. The number of unbranched alkanes of at least 4 members (excludes halogenated alkanes) is 24. The van der Waals surface area contributed by atoms with Crippen molar-refractivity contribution in [3.05, 3.63) is 85.1 Å². The molecular formula is C56H94O6. The van der Waals surface area contributed by atoms with Crippen LogP contribution in [0.25, 0.3) is 0 Å². The molecular weight excluding hydrogens is 769 g/mol. The van der Waals surface area contributed by atoms with Gasteiger partial charge in [0.2, 0.25) is 0 Å².